The highest BCUT2D eigenvalue weighted by Gasteiger charge is 2.61. The predicted octanol–water partition coefficient (Wildman–Crippen LogP) is 6.10. The molecule has 2 aliphatic carbocycles. The van der Waals surface area contributed by atoms with Gasteiger partial charge in [-0.2, -0.15) is 0 Å². The van der Waals surface area contributed by atoms with Crippen LogP contribution in [0.2, 0.25) is 0 Å². The second kappa shape index (κ2) is 6.46. The molecule has 4 rings (SSSR count). The van der Waals surface area contributed by atoms with E-state index in [9.17, 15) is 0 Å². The van der Waals surface area contributed by atoms with E-state index in [-0.39, 0.29) is 0 Å². The van der Waals surface area contributed by atoms with Gasteiger partial charge in [-0.25, -0.2) is 0 Å². The molecule has 4 aliphatic rings. The molecule has 4 fully saturated rings. The van der Waals surface area contributed by atoms with Gasteiger partial charge in [0, 0.05) is 23.2 Å². The maximum Gasteiger partial charge on any atom is 0.0214 e. The van der Waals surface area contributed by atoms with Crippen molar-refractivity contribution >= 4 is 0 Å². The Balaban J connectivity index is 1.40. The molecule has 1 unspecified atom stereocenters. The highest BCUT2D eigenvalue weighted by Crippen LogP contribution is 2.62. The van der Waals surface area contributed by atoms with Gasteiger partial charge in [0.2, 0.25) is 0 Å². The van der Waals surface area contributed by atoms with Gasteiger partial charge in [0.05, 0.1) is 0 Å². The van der Waals surface area contributed by atoms with Gasteiger partial charge in [-0.3, -0.25) is 9.80 Å². The predicted molar refractivity (Wildman–Crippen MR) is 116 cm³/mol. The van der Waals surface area contributed by atoms with Crippen LogP contribution in [0, 0.1) is 16.7 Å². The molecule has 3 atom stereocenters. The first kappa shape index (κ1) is 20.2. The summed E-state index contributed by atoms with van der Waals surface area (Å²) >= 11 is 0. The first-order valence-corrected chi connectivity index (χ1v) is 12.1. The second-order valence-electron chi connectivity index (χ2n) is 12.5. The van der Waals surface area contributed by atoms with Gasteiger partial charge in [-0.05, 0) is 101 Å². The Bertz CT molecular complexity index is 549. The summed E-state index contributed by atoms with van der Waals surface area (Å²) in [7, 11) is 0. The number of nitrogens with zero attached hydrogens (tertiary/aromatic N) is 2. The minimum atomic E-state index is 0.339. The standard InChI is InChI=1S/C25H46N2/c1-8-26-20(10-12-25(26)15-16-25)19(2)9-11-23(6,7)27-18-17-24(13-14-24)21(27)22(3,4)5/h19-21H,8-18H2,1-7H3/t19?,20-,21+/m0/s1. The van der Waals surface area contributed by atoms with Crippen LogP contribution in [-0.4, -0.2) is 46.1 Å². The van der Waals surface area contributed by atoms with Crippen LogP contribution in [0.5, 0.6) is 0 Å². The normalized spacial score (nSPS) is 33.9. The van der Waals surface area contributed by atoms with Crippen molar-refractivity contribution in [1.29, 1.82) is 0 Å². The monoisotopic (exact) mass is 374 g/mol. The van der Waals surface area contributed by atoms with Gasteiger partial charge in [0.15, 0.2) is 0 Å². The highest BCUT2D eigenvalue weighted by molar-refractivity contribution is 5.14. The summed E-state index contributed by atoms with van der Waals surface area (Å²) in [5.74, 6) is 0.842. The molecule has 0 aromatic carbocycles. The van der Waals surface area contributed by atoms with Crippen LogP contribution in [0.4, 0.5) is 0 Å². The van der Waals surface area contributed by atoms with E-state index in [2.05, 4.69) is 58.3 Å². The SMILES string of the molecule is CCN1[C@H](C(C)CCC(C)(C)N2CCC3(CC3)[C@H]2C(C)(C)C)CCC12CC2. The van der Waals surface area contributed by atoms with E-state index in [1.165, 1.54) is 70.9 Å². The van der Waals surface area contributed by atoms with Crippen molar-refractivity contribution in [2.75, 3.05) is 13.1 Å². The van der Waals surface area contributed by atoms with Crippen LogP contribution < -0.4 is 0 Å². The molecule has 27 heavy (non-hydrogen) atoms. The summed E-state index contributed by atoms with van der Waals surface area (Å²) in [5.41, 5.74) is 2.06. The van der Waals surface area contributed by atoms with Crippen LogP contribution in [0.25, 0.3) is 0 Å². The minimum absolute atomic E-state index is 0.339. The Morgan fingerprint density at radius 1 is 0.963 bits per heavy atom. The van der Waals surface area contributed by atoms with E-state index >= 15 is 0 Å². The number of likely N-dealkylation sites (tertiary alicyclic amines) is 2. The Morgan fingerprint density at radius 2 is 1.63 bits per heavy atom. The highest BCUT2D eigenvalue weighted by atomic mass is 15.3. The molecule has 2 heteroatoms. The van der Waals surface area contributed by atoms with Crippen molar-refractivity contribution in [2.24, 2.45) is 16.7 Å². The largest absolute Gasteiger partial charge is 0.295 e. The molecule has 0 bridgehead atoms. The van der Waals surface area contributed by atoms with Gasteiger partial charge in [0.1, 0.15) is 0 Å². The summed E-state index contributed by atoms with van der Waals surface area (Å²) in [4.78, 5) is 5.85. The van der Waals surface area contributed by atoms with E-state index in [1.54, 1.807) is 0 Å². The van der Waals surface area contributed by atoms with Crippen LogP contribution in [0.15, 0.2) is 0 Å². The maximum absolute atomic E-state index is 2.95. The van der Waals surface area contributed by atoms with Crippen molar-refractivity contribution < 1.29 is 0 Å². The molecule has 0 radical (unpaired) electrons. The minimum Gasteiger partial charge on any atom is -0.295 e. The average Bonchev–Trinajstić information content (AvgIpc) is 3.42. The Hall–Kier alpha value is -0.0800. The molecule has 156 valence electrons. The zero-order chi connectivity index (χ0) is 19.7. The van der Waals surface area contributed by atoms with Crippen LogP contribution in [0.3, 0.4) is 0 Å². The van der Waals surface area contributed by atoms with Gasteiger partial charge in [-0.1, -0.05) is 34.6 Å². The zero-order valence-electron chi connectivity index (χ0n) is 19.4. The van der Waals surface area contributed by atoms with E-state index in [0.29, 0.717) is 21.9 Å². The van der Waals surface area contributed by atoms with Gasteiger partial charge in [-0.15, -0.1) is 0 Å². The topological polar surface area (TPSA) is 6.48 Å². The second-order valence-corrected chi connectivity index (χ2v) is 12.5. The van der Waals surface area contributed by atoms with E-state index < -0.39 is 0 Å². The lowest BCUT2D eigenvalue weighted by molar-refractivity contribution is 0.0142. The summed E-state index contributed by atoms with van der Waals surface area (Å²) in [6.07, 6.45) is 13.0. The maximum atomic E-state index is 2.95. The molecule has 2 aliphatic heterocycles. The molecular formula is C25H46N2. The van der Waals surface area contributed by atoms with Gasteiger partial charge < -0.3 is 0 Å². The third-order valence-corrected chi connectivity index (χ3v) is 9.18. The molecule has 2 nitrogen and oxygen atoms in total. The fraction of sp³-hybridized carbons (Fsp3) is 1.00. The molecular weight excluding hydrogens is 328 g/mol. The molecule has 0 amide bonds. The molecule has 0 aromatic heterocycles. The number of rotatable bonds is 6. The van der Waals surface area contributed by atoms with E-state index in [0.717, 1.165) is 18.0 Å². The van der Waals surface area contributed by atoms with Crippen LogP contribution in [-0.2, 0) is 0 Å². The van der Waals surface area contributed by atoms with Crippen molar-refractivity contribution in [1.82, 2.24) is 9.80 Å². The fourth-order valence-electron chi connectivity index (χ4n) is 7.49. The van der Waals surface area contributed by atoms with Gasteiger partial charge >= 0.3 is 0 Å². The van der Waals surface area contributed by atoms with Crippen molar-refractivity contribution in [3.63, 3.8) is 0 Å². The van der Waals surface area contributed by atoms with Crippen molar-refractivity contribution in [2.45, 2.75) is 129 Å². The first-order chi connectivity index (χ1) is 12.5. The third kappa shape index (κ3) is 3.41. The van der Waals surface area contributed by atoms with Gasteiger partial charge in [0.25, 0.3) is 0 Å². The molecule has 2 saturated carbocycles. The lowest BCUT2D eigenvalue weighted by Gasteiger charge is -2.47. The molecule has 2 heterocycles. The molecule has 2 saturated heterocycles. The quantitative estimate of drug-likeness (QED) is 0.554. The van der Waals surface area contributed by atoms with Crippen LogP contribution >= 0.6 is 0 Å². The summed E-state index contributed by atoms with van der Waals surface area (Å²) in [5, 5.41) is 0. The number of hydrogen-bond acceptors (Lipinski definition) is 2. The molecule has 0 aromatic rings. The van der Waals surface area contributed by atoms with Crippen molar-refractivity contribution in [3.8, 4) is 0 Å². The van der Waals surface area contributed by atoms with Crippen LogP contribution in [0.1, 0.15) is 106 Å². The fourth-order valence-corrected chi connectivity index (χ4v) is 7.49. The lowest BCUT2D eigenvalue weighted by atomic mass is 9.75. The smallest absolute Gasteiger partial charge is 0.0214 e. The molecule has 0 N–H and O–H groups in total. The van der Waals surface area contributed by atoms with E-state index in [1.807, 2.05) is 0 Å². The number of hydrogen-bond donors (Lipinski definition) is 0. The summed E-state index contributed by atoms with van der Waals surface area (Å²) in [6.45, 7) is 20.1. The lowest BCUT2D eigenvalue weighted by Crippen LogP contribution is -2.53. The Morgan fingerprint density at radius 3 is 2.15 bits per heavy atom. The average molecular weight is 375 g/mol. The Labute approximate surface area is 169 Å². The zero-order valence-corrected chi connectivity index (χ0v) is 19.4. The Kier molecular flexibility index (Phi) is 4.83. The first-order valence-electron chi connectivity index (χ1n) is 12.1. The molecule has 2 spiro atoms. The summed E-state index contributed by atoms with van der Waals surface area (Å²) < 4.78 is 0. The summed E-state index contributed by atoms with van der Waals surface area (Å²) in [6, 6.07) is 1.63. The van der Waals surface area contributed by atoms with E-state index in [4.69, 9.17) is 0 Å². The van der Waals surface area contributed by atoms with Crippen molar-refractivity contribution in [3.05, 3.63) is 0 Å². The third-order valence-electron chi connectivity index (χ3n) is 9.18.